The summed E-state index contributed by atoms with van der Waals surface area (Å²) < 4.78 is 97.1. The average Bonchev–Trinajstić information content (AvgIpc) is 3.69. The highest BCUT2D eigenvalue weighted by Crippen LogP contribution is 2.47. The molecule has 9 aromatic carbocycles. The van der Waals surface area contributed by atoms with Gasteiger partial charge in [0.25, 0.3) is 0 Å². The summed E-state index contributed by atoms with van der Waals surface area (Å²) in [5.41, 5.74) is 4.89. The largest absolute Gasteiger partial charge is 0.456 e. The van der Waals surface area contributed by atoms with Gasteiger partial charge in [-0.1, -0.05) is 176 Å². The molecule has 0 amide bonds. The van der Waals surface area contributed by atoms with Crippen molar-refractivity contribution >= 4 is 43.5 Å². The number of hydrogen-bond donors (Lipinski definition) is 0. The first-order chi connectivity index (χ1) is 29.5. The molecule has 0 atom stereocenters. The topological polar surface area (TPSA) is 13.1 Å². The number of benzene rings is 9. The zero-order valence-corrected chi connectivity index (χ0v) is 27.1. The smallest absolute Gasteiger partial charge is 0.136 e. The summed E-state index contributed by atoms with van der Waals surface area (Å²) >= 11 is 0. The van der Waals surface area contributed by atoms with Crippen molar-refractivity contribution in [3.8, 4) is 55.6 Å². The van der Waals surface area contributed by atoms with Crippen LogP contribution in [0.3, 0.4) is 0 Å². The van der Waals surface area contributed by atoms with Gasteiger partial charge in [-0.05, 0) is 95.3 Å². The Morgan fingerprint density at radius 3 is 1.39 bits per heavy atom. The van der Waals surface area contributed by atoms with E-state index in [1.54, 1.807) is 60.7 Å². The molecule has 0 saturated carbocycles. The fourth-order valence-electron chi connectivity index (χ4n) is 7.10. The highest BCUT2D eigenvalue weighted by Gasteiger charge is 2.20. The van der Waals surface area contributed by atoms with Crippen molar-refractivity contribution in [2.75, 3.05) is 0 Å². The van der Waals surface area contributed by atoms with Crippen LogP contribution in [-0.4, -0.2) is 0 Å². The molecule has 1 nitrogen and oxygen atoms in total. The highest BCUT2D eigenvalue weighted by molar-refractivity contribution is 6.25. The van der Waals surface area contributed by atoms with Crippen LogP contribution in [-0.2, 0) is 0 Å². The van der Waals surface area contributed by atoms with E-state index in [1.165, 1.54) is 0 Å². The normalized spacial score (nSPS) is 14.3. The Kier molecular flexibility index (Phi) is 4.88. The molecule has 0 aliphatic rings. The van der Waals surface area contributed by atoms with Gasteiger partial charge in [-0.2, -0.15) is 0 Å². The van der Waals surface area contributed by atoms with Gasteiger partial charge in [0, 0.05) is 10.8 Å². The van der Waals surface area contributed by atoms with Gasteiger partial charge in [-0.25, -0.2) is 0 Å². The van der Waals surface area contributed by atoms with Crippen LogP contribution in [0.1, 0.15) is 13.7 Å². The minimum absolute atomic E-state index is 0.0105. The number of fused-ring (bicyclic) bond motifs is 5. The molecule has 51 heavy (non-hydrogen) atoms. The van der Waals surface area contributed by atoms with E-state index in [9.17, 15) is 4.11 Å². The first kappa shape index (κ1) is 20.7. The molecule has 0 unspecified atom stereocenters. The van der Waals surface area contributed by atoms with E-state index in [1.807, 2.05) is 72.8 Å². The van der Waals surface area contributed by atoms with Gasteiger partial charge < -0.3 is 4.42 Å². The van der Waals surface area contributed by atoms with Gasteiger partial charge >= 0.3 is 0 Å². The molecule has 0 fully saturated rings. The van der Waals surface area contributed by atoms with Gasteiger partial charge in [-0.3, -0.25) is 0 Å². The molecule has 10 rings (SSSR count). The maximum atomic E-state index is 9.46. The standard InChI is InChI=1S/C50H32O/c1-3-12-33(13-4-1)35-22-24-36(25-23-35)37-26-28-38(29-27-37)48-40-16-7-9-18-42(40)49(43-19-10-8-17-41(43)48)45-20-11-21-46-50(45)44-31-30-39(32-47(44)51-46)34-14-5-2-6-15-34/h1-32H/i11D,20D,21D,22D,23D,24D,25D,30D,31D,32D. The van der Waals surface area contributed by atoms with Gasteiger partial charge in [0.05, 0.1) is 13.7 Å². The number of rotatable bonds is 5. The van der Waals surface area contributed by atoms with Crippen LogP contribution in [0.5, 0.6) is 0 Å². The monoisotopic (exact) mass is 658 g/mol. The third kappa shape index (κ3) is 4.94. The maximum absolute atomic E-state index is 9.46. The predicted molar refractivity (Wildman–Crippen MR) is 216 cm³/mol. The molecule has 0 radical (unpaired) electrons. The Bertz CT molecular complexity index is 3370. The average molecular weight is 659 g/mol. The minimum atomic E-state index is -0.368. The lowest BCUT2D eigenvalue weighted by atomic mass is 9.84. The van der Waals surface area contributed by atoms with Crippen molar-refractivity contribution in [1.29, 1.82) is 0 Å². The van der Waals surface area contributed by atoms with Crippen molar-refractivity contribution in [3.63, 3.8) is 0 Å². The summed E-state index contributed by atoms with van der Waals surface area (Å²) in [5, 5.41) is 3.44. The van der Waals surface area contributed by atoms with Crippen molar-refractivity contribution < 1.29 is 18.1 Å². The van der Waals surface area contributed by atoms with E-state index in [-0.39, 0.29) is 105 Å². The lowest BCUT2D eigenvalue weighted by molar-refractivity contribution is 0.669. The van der Waals surface area contributed by atoms with Crippen molar-refractivity contribution in [3.05, 3.63) is 194 Å². The second-order valence-electron chi connectivity index (χ2n) is 12.4. The molecule has 1 aromatic heterocycles. The van der Waals surface area contributed by atoms with Crippen LogP contribution < -0.4 is 0 Å². The van der Waals surface area contributed by atoms with E-state index in [2.05, 4.69) is 0 Å². The Morgan fingerprint density at radius 2 is 0.804 bits per heavy atom. The van der Waals surface area contributed by atoms with Crippen LogP contribution in [0.4, 0.5) is 0 Å². The van der Waals surface area contributed by atoms with Crippen LogP contribution in [0.15, 0.2) is 198 Å². The Hall–Kier alpha value is -6.70. The van der Waals surface area contributed by atoms with Crippen molar-refractivity contribution in [2.24, 2.45) is 0 Å². The van der Waals surface area contributed by atoms with E-state index < -0.39 is 0 Å². The number of hydrogen-bond acceptors (Lipinski definition) is 1. The molecule has 0 spiro atoms. The van der Waals surface area contributed by atoms with Crippen LogP contribution in [0.25, 0.3) is 99.1 Å². The zero-order chi connectivity index (χ0) is 42.4. The quantitative estimate of drug-likeness (QED) is 0.168. The van der Waals surface area contributed by atoms with Crippen molar-refractivity contribution in [1.82, 2.24) is 0 Å². The summed E-state index contributed by atoms with van der Waals surface area (Å²) in [7, 11) is 0. The lowest BCUT2D eigenvalue weighted by Crippen LogP contribution is -1.91. The second-order valence-corrected chi connectivity index (χ2v) is 12.4. The minimum Gasteiger partial charge on any atom is -0.456 e. The molecular formula is C50H32O. The van der Waals surface area contributed by atoms with Gasteiger partial charge in [0.2, 0.25) is 0 Å². The van der Waals surface area contributed by atoms with Crippen LogP contribution in [0.2, 0.25) is 0 Å². The summed E-state index contributed by atoms with van der Waals surface area (Å²) in [5.74, 6) is 0. The summed E-state index contributed by atoms with van der Waals surface area (Å²) in [6.45, 7) is 0. The fourth-order valence-corrected chi connectivity index (χ4v) is 7.10. The lowest BCUT2D eigenvalue weighted by Gasteiger charge is -2.18. The van der Waals surface area contributed by atoms with Gasteiger partial charge in [-0.15, -0.1) is 0 Å². The molecule has 0 aliphatic carbocycles. The van der Waals surface area contributed by atoms with E-state index in [4.69, 9.17) is 14.0 Å². The maximum Gasteiger partial charge on any atom is 0.136 e. The third-order valence-corrected chi connectivity index (χ3v) is 9.47. The molecule has 1 heterocycles. The Morgan fingerprint density at radius 1 is 0.333 bits per heavy atom. The number of furan rings is 1. The summed E-state index contributed by atoms with van der Waals surface area (Å²) in [6, 6.07) is 38.8. The molecule has 10 aromatic rings. The first-order valence-corrected chi connectivity index (χ1v) is 16.7. The SMILES string of the molecule is [2H]c1c([2H])c(-c2ccc(-c3c4ccccc4c(-c4c([2H])c([2H])c([2H])c5oc6c([2H])c(-c7ccccc7)c([2H])c([2H])c6c45)c4ccccc34)cc2)c([2H])c([2H])c1-c1ccccc1. The molecule has 0 bridgehead atoms. The van der Waals surface area contributed by atoms with E-state index in [0.717, 1.165) is 32.7 Å². The molecule has 238 valence electrons. The fraction of sp³-hybridized carbons (Fsp3) is 0. The molecule has 0 aliphatic heterocycles. The van der Waals surface area contributed by atoms with Gasteiger partial charge in [0.1, 0.15) is 11.2 Å². The van der Waals surface area contributed by atoms with E-state index >= 15 is 0 Å². The third-order valence-electron chi connectivity index (χ3n) is 9.47. The molecule has 1 heteroatoms. The van der Waals surface area contributed by atoms with Crippen molar-refractivity contribution in [2.45, 2.75) is 0 Å². The summed E-state index contributed by atoms with van der Waals surface area (Å²) in [6.07, 6.45) is 0. The Balaban J connectivity index is 1.22. The van der Waals surface area contributed by atoms with E-state index in [0.29, 0.717) is 22.3 Å². The van der Waals surface area contributed by atoms with Crippen LogP contribution >= 0.6 is 0 Å². The molecular weight excluding hydrogens is 617 g/mol. The first-order valence-electron chi connectivity index (χ1n) is 21.7. The Labute approximate surface area is 310 Å². The highest BCUT2D eigenvalue weighted by atomic mass is 16.3. The predicted octanol–water partition coefficient (Wildman–Crippen LogP) is 14.2. The summed E-state index contributed by atoms with van der Waals surface area (Å²) in [4.78, 5) is 0. The van der Waals surface area contributed by atoms with Gasteiger partial charge in [0.15, 0.2) is 0 Å². The molecule has 0 saturated heterocycles. The van der Waals surface area contributed by atoms with Crippen LogP contribution in [0, 0.1) is 0 Å². The molecule has 0 N–H and O–H groups in total. The second kappa shape index (κ2) is 12.0. The zero-order valence-electron chi connectivity index (χ0n) is 37.1.